The lowest BCUT2D eigenvalue weighted by molar-refractivity contribution is -0.134. The van der Waals surface area contributed by atoms with E-state index in [4.69, 9.17) is 9.47 Å². The number of benzene rings is 2. The van der Waals surface area contributed by atoms with Crippen LogP contribution in [0.1, 0.15) is 5.56 Å². The Kier molecular flexibility index (Phi) is 4.25. The van der Waals surface area contributed by atoms with Gasteiger partial charge in [0.05, 0.1) is 21.3 Å². The van der Waals surface area contributed by atoms with Gasteiger partial charge in [-0.2, -0.15) is 0 Å². The van der Waals surface area contributed by atoms with Crippen LogP contribution in [0.5, 0.6) is 11.5 Å². The molecule has 0 radical (unpaired) electrons. The molecule has 0 aromatic heterocycles. The second-order valence-corrected chi connectivity index (χ2v) is 4.13. The van der Waals surface area contributed by atoms with Crippen molar-refractivity contribution in [3.8, 4) is 11.5 Å². The Morgan fingerprint density at radius 3 is 2.45 bits per heavy atom. The topological polar surface area (TPSA) is 44.8 Å². The molecule has 0 atom stereocenters. The predicted molar refractivity (Wildman–Crippen MR) is 78.1 cm³/mol. The van der Waals surface area contributed by atoms with Crippen LogP contribution in [0.25, 0.3) is 16.8 Å². The minimum atomic E-state index is -0.410. The maximum Gasteiger partial charge on any atom is 0.330 e. The maximum absolute atomic E-state index is 11.3. The molecule has 0 aliphatic heterocycles. The Morgan fingerprint density at radius 1 is 1.05 bits per heavy atom. The van der Waals surface area contributed by atoms with Gasteiger partial charge < -0.3 is 14.2 Å². The third-order valence-electron chi connectivity index (χ3n) is 3.04. The van der Waals surface area contributed by atoms with Gasteiger partial charge in [-0.1, -0.05) is 12.1 Å². The largest absolute Gasteiger partial charge is 0.497 e. The second kappa shape index (κ2) is 6.10. The Balaban J connectivity index is 2.63. The number of carbonyl (C=O) groups excluding carboxylic acids is 1. The number of esters is 1. The van der Waals surface area contributed by atoms with Crippen LogP contribution >= 0.6 is 0 Å². The van der Waals surface area contributed by atoms with E-state index in [0.717, 1.165) is 22.1 Å². The number of hydrogen-bond acceptors (Lipinski definition) is 4. The molecule has 0 aliphatic rings. The molecule has 0 unspecified atom stereocenters. The van der Waals surface area contributed by atoms with E-state index in [1.165, 1.54) is 13.2 Å². The van der Waals surface area contributed by atoms with Gasteiger partial charge in [0.1, 0.15) is 11.5 Å². The fourth-order valence-electron chi connectivity index (χ4n) is 2.00. The molecule has 0 heterocycles. The van der Waals surface area contributed by atoms with Crippen molar-refractivity contribution in [2.24, 2.45) is 0 Å². The zero-order valence-electron chi connectivity index (χ0n) is 11.7. The van der Waals surface area contributed by atoms with E-state index in [1.54, 1.807) is 20.3 Å². The summed E-state index contributed by atoms with van der Waals surface area (Å²) in [6.07, 6.45) is 3.06. The molecule has 2 rings (SSSR count). The summed E-state index contributed by atoms with van der Waals surface area (Å²) < 4.78 is 15.2. The van der Waals surface area contributed by atoms with Gasteiger partial charge in [-0.15, -0.1) is 0 Å². The molecule has 2 aromatic carbocycles. The SMILES string of the molecule is COC(=O)/C=C/c1c(OC)ccc2ccc(OC)cc12. The average Bonchev–Trinajstić information content (AvgIpc) is 2.51. The molecule has 4 nitrogen and oxygen atoms in total. The van der Waals surface area contributed by atoms with Crippen molar-refractivity contribution in [2.45, 2.75) is 0 Å². The quantitative estimate of drug-likeness (QED) is 0.634. The fraction of sp³-hybridized carbons (Fsp3) is 0.188. The summed E-state index contributed by atoms with van der Waals surface area (Å²) in [5, 5.41) is 1.99. The molecule has 0 fully saturated rings. The molecule has 2 aromatic rings. The van der Waals surface area contributed by atoms with Crippen molar-refractivity contribution in [1.29, 1.82) is 0 Å². The van der Waals surface area contributed by atoms with Gasteiger partial charge in [-0.05, 0) is 35.0 Å². The lowest BCUT2D eigenvalue weighted by Gasteiger charge is -2.10. The summed E-state index contributed by atoms with van der Waals surface area (Å²) in [4.78, 5) is 11.3. The van der Waals surface area contributed by atoms with Crippen molar-refractivity contribution in [2.75, 3.05) is 21.3 Å². The molecule has 0 bridgehead atoms. The number of carbonyl (C=O) groups is 1. The highest BCUT2D eigenvalue weighted by molar-refractivity contribution is 5.97. The van der Waals surface area contributed by atoms with E-state index in [-0.39, 0.29) is 0 Å². The Labute approximate surface area is 117 Å². The molecule has 4 heteroatoms. The van der Waals surface area contributed by atoms with E-state index in [9.17, 15) is 4.79 Å². The van der Waals surface area contributed by atoms with Gasteiger partial charge in [0, 0.05) is 11.6 Å². The molecule has 0 saturated heterocycles. The highest BCUT2D eigenvalue weighted by Gasteiger charge is 2.07. The fourth-order valence-corrected chi connectivity index (χ4v) is 2.00. The van der Waals surface area contributed by atoms with Gasteiger partial charge in [0.2, 0.25) is 0 Å². The smallest absolute Gasteiger partial charge is 0.330 e. The highest BCUT2D eigenvalue weighted by atomic mass is 16.5. The van der Waals surface area contributed by atoms with Crippen LogP contribution in [0.2, 0.25) is 0 Å². The summed E-state index contributed by atoms with van der Waals surface area (Å²) >= 11 is 0. The zero-order chi connectivity index (χ0) is 14.5. The van der Waals surface area contributed by atoms with Crippen molar-refractivity contribution >= 4 is 22.8 Å². The van der Waals surface area contributed by atoms with Gasteiger partial charge >= 0.3 is 5.97 Å². The van der Waals surface area contributed by atoms with Gasteiger partial charge in [-0.25, -0.2) is 4.79 Å². The summed E-state index contributed by atoms with van der Waals surface area (Å²) in [7, 11) is 4.55. The van der Waals surface area contributed by atoms with Crippen LogP contribution in [-0.2, 0) is 9.53 Å². The standard InChI is InChI=1S/C16H16O4/c1-18-12-6-4-11-5-8-15(19-2)13(14(11)10-12)7-9-16(17)20-3/h4-10H,1-3H3/b9-7+. The van der Waals surface area contributed by atoms with Crippen LogP contribution in [0.4, 0.5) is 0 Å². The van der Waals surface area contributed by atoms with Crippen molar-refractivity contribution in [3.63, 3.8) is 0 Å². The van der Waals surface area contributed by atoms with E-state index in [1.807, 2.05) is 30.3 Å². The summed E-state index contributed by atoms with van der Waals surface area (Å²) in [5.41, 5.74) is 0.814. The molecule has 20 heavy (non-hydrogen) atoms. The monoisotopic (exact) mass is 272 g/mol. The molecule has 0 saturated carbocycles. The molecular formula is C16H16O4. The van der Waals surface area contributed by atoms with E-state index in [2.05, 4.69) is 4.74 Å². The van der Waals surface area contributed by atoms with Crippen molar-refractivity contribution < 1.29 is 19.0 Å². The first-order valence-corrected chi connectivity index (χ1v) is 6.10. The van der Waals surface area contributed by atoms with Crippen LogP contribution in [0, 0.1) is 0 Å². The number of hydrogen-bond donors (Lipinski definition) is 0. The highest BCUT2D eigenvalue weighted by Crippen LogP contribution is 2.31. The van der Waals surface area contributed by atoms with Gasteiger partial charge in [0.15, 0.2) is 0 Å². The predicted octanol–water partition coefficient (Wildman–Crippen LogP) is 3.04. The normalized spacial score (nSPS) is 10.8. The lowest BCUT2D eigenvalue weighted by atomic mass is 10.0. The summed E-state index contributed by atoms with van der Waals surface area (Å²) in [6, 6.07) is 9.59. The maximum atomic E-state index is 11.3. The summed E-state index contributed by atoms with van der Waals surface area (Å²) in [5.74, 6) is 1.02. The molecule has 0 amide bonds. The second-order valence-electron chi connectivity index (χ2n) is 4.13. The molecule has 0 N–H and O–H groups in total. The van der Waals surface area contributed by atoms with Gasteiger partial charge in [0.25, 0.3) is 0 Å². The van der Waals surface area contributed by atoms with Crippen LogP contribution < -0.4 is 9.47 Å². The Hall–Kier alpha value is -2.49. The first kappa shape index (κ1) is 13.9. The molecule has 0 aliphatic carbocycles. The molecule has 104 valence electrons. The first-order valence-electron chi connectivity index (χ1n) is 6.10. The molecular weight excluding hydrogens is 256 g/mol. The summed E-state index contributed by atoms with van der Waals surface area (Å²) in [6.45, 7) is 0. The van der Waals surface area contributed by atoms with E-state index < -0.39 is 5.97 Å². The van der Waals surface area contributed by atoms with Crippen LogP contribution in [0.3, 0.4) is 0 Å². The number of ether oxygens (including phenoxy) is 3. The Morgan fingerprint density at radius 2 is 1.80 bits per heavy atom. The third-order valence-corrected chi connectivity index (χ3v) is 3.04. The first-order chi connectivity index (χ1) is 9.69. The van der Waals surface area contributed by atoms with Crippen LogP contribution in [0.15, 0.2) is 36.4 Å². The lowest BCUT2D eigenvalue weighted by Crippen LogP contribution is -1.95. The minimum absolute atomic E-state index is 0.410. The molecule has 0 spiro atoms. The average molecular weight is 272 g/mol. The van der Waals surface area contributed by atoms with Crippen LogP contribution in [-0.4, -0.2) is 27.3 Å². The third kappa shape index (κ3) is 2.74. The number of fused-ring (bicyclic) bond motifs is 1. The van der Waals surface area contributed by atoms with E-state index in [0.29, 0.717) is 5.75 Å². The minimum Gasteiger partial charge on any atom is -0.497 e. The van der Waals surface area contributed by atoms with Crippen molar-refractivity contribution in [1.82, 2.24) is 0 Å². The zero-order valence-corrected chi connectivity index (χ0v) is 11.7. The van der Waals surface area contributed by atoms with E-state index >= 15 is 0 Å². The van der Waals surface area contributed by atoms with Crippen molar-refractivity contribution in [3.05, 3.63) is 42.0 Å². The van der Waals surface area contributed by atoms with Gasteiger partial charge in [-0.3, -0.25) is 0 Å². The number of methoxy groups -OCH3 is 3. The number of rotatable bonds is 4. The Bertz CT molecular complexity index is 654.